The number of benzene rings is 1. The Bertz CT molecular complexity index is 414. The molecule has 1 aliphatic rings. The minimum Gasteiger partial charge on any atom is -0.484 e. The van der Waals surface area contributed by atoms with Gasteiger partial charge in [-0.3, -0.25) is 4.79 Å². The van der Waals surface area contributed by atoms with E-state index in [0.717, 1.165) is 30.6 Å². The van der Waals surface area contributed by atoms with Crippen molar-refractivity contribution >= 4 is 5.91 Å². The number of hydrogen-bond donors (Lipinski definition) is 2. The number of rotatable bonds is 6. The zero-order valence-corrected chi connectivity index (χ0v) is 11.2. The molecule has 2 rings (SSSR count). The summed E-state index contributed by atoms with van der Waals surface area (Å²) < 4.78 is 5.51. The van der Waals surface area contributed by atoms with Crippen LogP contribution in [0.25, 0.3) is 0 Å². The van der Waals surface area contributed by atoms with Crippen molar-refractivity contribution in [2.24, 2.45) is 5.73 Å². The van der Waals surface area contributed by atoms with E-state index in [-0.39, 0.29) is 12.5 Å². The highest BCUT2D eigenvalue weighted by atomic mass is 16.5. The monoisotopic (exact) mass is 262 g/mol. The summed E-state index contributed by atoms with van der Waals surface area (Å²) in [5.41, 5.74) is 6.65. The molecular weight excluding hydrogens is 240 g/mol. The summed E-state index contributed by atoms with van der Waals surface area (Å²) in [4.78, 5) is 11.7. The quantitative estimate of drug-likeness (QED) is 0.819. The molecule has 1 amide bonds. The zero-order valence-electron chi connectivity index (χ0n) is 11.2. The molecule has 0 aliphatic heterocycles. The van der Waals surface area contributed by atoms with Gasteiger partial charge < -0.3 is 15.8 Å². The van der Waals surface area contributed by atoms with Crippen LogP contribution in [0.5, 0.6) is 5.75 Å². The molecule has 0 heterocycles. The smallest absolute Gasteiger partial charge is 0.258 e. The Labute approximate surface area is 114 Å². The molecule has 3 N–H and O–H groups in total. The summed E-state index contributed by atoms with van der Waals surface area (Å²) in [6.07, 6.45) is 5.45. The molecule has 0 aromatic heterocycles. The Morgan fingerprint density at radius 3 is 2.89 bits per heavy atom. The zero-order chi connectivity index (χ0) is 13.5. The molecule has 4 nitrogen and oxygen atoms in total. The fourth-order valence-corrected chi connectivity index (χ4v) is 2.45. The van der Waals surface area contributed by atoms with Gasteiger partial charge in [-0.05, 0) is 43.5 Å². The van der Waals surface area contributed by atoms with Gasteiger partial charge in [-0.25, -0.2) is 0 Å². The van der Waals surface area contributed by atoms with E-state index in [1.807, 2.05) is 24.3 Å². The highest BCUT2D eigenvalue weighted by Crippen LogP contribution is 2.17. The highest BCUT2D eigenvalue weighted by molar-refractivity contribution is 5.77. The van der Waals surface area contributed by atoms with Crippen molar-refractivity contribution in [2.45, 2.75) is 38.1 Å². The van der Waals surface area contributed by atoms with E-state index in [0.29, 0.717) is 12.6 Å². The normalized spacial score (nSPS) is 15.4. The maximum absolute atomic E-state index is 11.7. The average molecular weight is 262 g/mol. The third kappa shape index (κ3) is 4.56. The van der Waals surface area contributed by atoms with E-state index in [9.17, 15) is 4.79 Å². The highest BCUT2D eigenvalue weighted by Gasteiger charge is 2.17. The van der Waals surface area contributed by atoms with Gasteiger partial charge in [0.15, 0.2) is 6.61 Å². The van der Waals surface area contributed by atoms with Crippen molar-refractivity contribution in [3.05, 3.63) is 29.8 Å². The second-order valence-electron chi connectivity index (χ2n) is 5.02. The van der Waals surface area contributed by atoms with Crippen molar-refractivity contribution in [3.63, 3.8) is 0 Å². The van der Waals surface area contributed by atoms with Crippen LogP contribution in [0.2, 0.25) is 0 Å². The van der Waals surface area contributed by atoms with Crippen LogP contribution in [0.4, 0.5) is 0 Å². The Kier molecular flexibility index (Phi) is 5.21. The van der Waals surface area contributed by atoms with E-state index in [2.05, 4.69) is 5.32 Å². The van der Waals surface area contributed by atoms with Gasteiger partial charge in [-0.15, -0.1) is 0 Å². The summed E-state index contributed by atoms with van der Waals surface area (Å²) >= 11 is 0. The third-order valence-electron chi connectivity index (χ3n) is 3.42. The summed E-state index contributed by atoms with van der Waals surface area (Å²) in [7, 11) is 0. The molecular formula is C15H22N2O2. The summed E-state index contributed by atoms with van der Waals surface area (Å²) in [6, 6.07) is 8.09. The van der Waals surface area contributed by atoms with E-state index < -0.39 is 0 Å². The Hall–Kier alpha value is -1.55. The number of ether oxygens (including phenoxy) is 1. The van der Waals surface area contributed by atoms with E-state index in [4.69, 9.17) is 10.5 Å². The first-order valence-electron chi connectivity index (χ1n) is 6.99. The second kappa shape index (κ2) is 7.14. The van der Waals surface area contributed by atoms with Crippen LogP contribution in [0.3, 0.4) is 0 Å². The first-order valence-corrected chi connectivity index (χ1v) is 6.99. The summed E-state index contributed by atoms with van der Waals surface area (Å²) in [5, 5.41) is 3.00. The summed E-state index contributed by atoms with van der Waals surface area (Å²) in [6.45, 7) is 0.703. The van der Waals surface area contributed by atoms with Gasteiger partial charge in [0, 0.05) is 6.04 Å². The molecule has 104 valence electrons. The van der Waals surface area contributed by atoms with Gasteiger partial charge in [-0.2, -0.15) is 0 Å². The van der Waals surface area contributed by atoms with Crippen molar-refractivity contribution in [1.82, 2.24) is 5.32 Å². The van der Waals surface area contributed by atoms with Gasteiger partial charge in [0.05, 0.1) is 0 Å². The Morgan fingerprint density at radius 2 is 2.16 bits per heavy atom. The molecule has 1 aromatic rings. The molecule has 1 aliphatic carbocycles. The first kappa shape index (κ1) is 13.9. The van der Waals surface area contributed by atoms with Crippen molar-refractivity contribution in [2.75, 3.05) is 13.2 Å². The molecule has 0 spiro atoms. The largest absolute Gasteiger partial charge is 0.484 e. The van der Waals surface area contributed by atoms with Crippen molar-refractivity contribution < 1.29 is 9.53 Å². The minimum absolute atomic E-state index is 0.0314. The fourth-order valence-electron chi connectivity index (χ4n) is 2.45. The Morgan fingerprint density at radius 1 is 1.37 bits per heavy atom. The van der Waals surface area contributed by atoms with Crippen LogP contribution >= 0.6 is 0 Å². The lowest BCUT2D eigenvalue weighted by Gasteiger charge is -2.12. The number of nitrogens with one attached hydrogen (secondary N) is 1. The molecule has 0 saturated heterocycles. The average Bonchev–Trinajstić information content (AvgIpc) is 2.90. The maximum atomic E-state index is 11.7. The lowest BCUT2D eigenvalue weighted by Crippen LogP contribution is -2.36. The van der Waals surface area contributed by atoms with E-state index >= 15 is 0 Å². The van der Waals surface area contributed by atoms with Crippen LogP contribution in [-0.2, 0) is 11.2 Å². The first-order chi connectivity index (χ1) is 9.28. The molecule has 1 saturated carbocycles. The fraction of sp³-hybridized carbons (Fsp3) is 0.533. The molecule has 0 radical (unpaired) electrons. The van der Waals surface area contributed by atoms with E-state index in [1.54, 1.807) is 0 Å². The van der Waals surface area contributed by atoms with Crippen LogP contribution < -0.4 is 15.8 Å². The van der Waals surface area contributed by atoms with Gasteiger partial charge in [0.25, 0.3) is 5.91 Å². The molecule has 0 bridgehead atoms. The standard InChI is InChI=1S/C15H22N2O2/c16-9-8-12-4-3-7-14(10-12)19-11-15(18)17-13-5-1-2-6-13/h3-4,7,10,13H,1-2,5-6,8-9,11,16H2,(H,17,18). The molecule has 0 unspecified atom stereocenters. The second-order valence-corrected chi connectivity index (χ2v) is 5.02. The van der Waals surface area contributed by atoms with Gasteiger partial charge in [-0.1, -0.05) is 25.0 Å². The molecule has 19 heavy (non-hydrogen) atoms. The van der Waals surface area contributed by atoms with Gasteiger partial charge >= 0.3 is 0 Å². The number of nitrogens with two attached hydrogens (primary N) is 1. The van der Waals surface area contributed by atoms with Crippen LogP contribution in [0.1, 0.15) is 31.2 Å². The van der Waals surface area contributed by atoms with Gasteiger partial charge in [0.2, 0.25) is 0 Å². The van der Waals surface area contributed by atoms with Crippen LogP contribution in [-0.4, -0.2) is 25.1 Å². The Balaban J connectivity index is 1.77. The number of hydrogen-bond acceptors (Lipinski definition) is 3. The van der Waals surface area contributed by atoms with Crippen LogP contribution in [0.15, 0.2) is 24.3 Å². The lowest BCUT2D eigenvalue weighted by atomic mass is 10.1. The maximum Gasteiger partial charge on any atom is 0.258 e. The number of carbonyl (C=O) groups is 1. The van der Waals surface area contributed by atoms with Crippen molar-refractivity contribution in [1.29, 1.82) is 0 Å². The summed E-state index contributed by atoms with van der Waals surface area (Å²) in [5.74, 6) is 0.698. The molecule has 1 fully saturated rings. The predicted molar refractivity (Wildman–Crippen MR) is 75.1 cm³/mol. The topological polar surface area (TPSA) is 64.3 Å². The SMILES string of the molecule is NCCc1cccc(OCC(=O)NC2CCCC2)c1. The third-order valence-corrected chi connectivity index (χ3v) is 3.42. The van der Waals surface area contributed by atoms with E-state index in [1.165, 1.54) is 12.8 Å². The molecule has 4 heteroatoms. The number of carbonyl (C=O) groups excluding carboxylic acids is 1. The van der Waals surface area contributed by atoms with Crippen LogP contribution in [0, 0.1) is 0 Å². The number of amides is 1. The molecule has 0 atom stereocenters. The predicted octanol–water partition coefficient (Wildman–Crippen LogP) is 1.63. The minimum atomic E-state index is -0.0314. The van der Waals surface area contributed by atoms with Crippen molar-refractivity contribution in [3.8, 4) is 5.75 Å². The molecule has 1 aromatic carbocycles. The lowest BCUT2D eigenvalue weighted by molar-refractivity contribution is -0.123. The van der Waals surface area contributed by atoms with Gasteiger partial charge in [0.1, 0.15) is 5.75 Å².